The van der Waals surface area contributed by atoms with Gasteiger partial charge >= 0.3 is 0 Å². The van der Waals surface area contributed by atoms with E-state index in [1.165, 1.54) is 0 Å². The Bertz CT molecular complexity index is 406. The number of imidazole rings is 1. The van der Waals surface area contributed by atoms with Crippen LogP contribution in [0.25, 0.3) is 5.82 Å². The molecule has 0 unspecified atom stereocenters. The highest BCUT2D eigenvalue weighted by atomic mass is 15.1. The van der Waals surface area contributed by atoms with Gasteiger partial charge in [0.05, 0.1) is 0 Å². The van der Waals surface area contributed by atoms with Crippen molar-refractivity contribution in [1.82, 2.24) is 14.5 Å². The second-order valence-corrected chi connectivity index (χ2v) is 2.87. The molecule has 2 rings (SSSR count). The van der Waals surface area contributed by atoms with E-state index in [-0.39, 0.29) is 0 Å². The molecule has 0 aliphatic rings. The predicted molar refractivity (Wildman–Crippen MR) is 50.5 cm³/mol. The van der Waals surface area contributed by atoms with Crippen molar-refractivity contribution in [1.29, 1.82) is 0 Å². The van der Waals surface area contributed by atoms with Crippen molar-refractivity contribution < 1.29 is 0 Å². The van der Waals surface area contributed by atoms with Gasteiger partial charge in [-0.05, 0) is 12.5 Å². The molecule has 0 aliphatic heterocycles. The quantitative estimate of drug-likeness (QED) is 0.705. The Labute approximate surface area is 76.1 Å². The van der Waals surface area contributed by atoms with E-state index in [4.69, 9.17) is 5.73 Å². The normalized spacial score (nSPS) is 10.2. The standard InChI is InChI=1S/C9H10N4/c1-7-5-12-9(4-8(7)10)13-3-2-11-6-13/h2-6H,1H3,(H2,10,12). The molecule has 66 valence electrons. The van der Waals surface area contributed by atoms with Gasteiger partial charge in [-0.25, -0.2) is 9.97 Å². The van der Waals surface area contributed by atoms with Crippen LogP contribution in [0.15, 0.2) is 31.0 Å². The molecule has 0 atom stereocenters. The number of hydrogen-bond acceptors (Lipinski definition) is 3. The maximum Gasteiger partial charge on any atom is 0.139 e. The molecule has 0 aromatic carbocycles. The Morgan fingerprint density at radius 3 is 2.92 bits per heavy atom. The third-order valence-corrected chi connectivity index (χ3v) is 1.90. The minimum absolute atomic E-state index is 0.749. The molecule has 0 aliphatic carbocycles. The van der Waals surface area contributed by atoms with Crippen LogP contribution in [-0.2, 0) is 0 Å². The number of nitrogens with zero attached hydrogens (tertiary/aromatic N) is 3. The summed E-state index contributed by atoms with van der Waals surface area (Å²) >= 11 is 0. The number of aryl methyl sites for hydroxylation is 1. The molecular formula is C9H10N4. The summed E-state index contributed by atoms with van der Waals surface area (Å²) in [7, 11) is 0. The third-order valence-electron chi connectivity index (χ3n) is 1.90. The average Bonchev–Trinajstić information content (AvgIpc) is 2.62. The van der Waals surface area contributed by atoms with Crippen LogP contribution in [-0.4, -0.2) is 14.5 Å². The third kappa shape index (κ3) is 1.38. The van der Waals surface area contributed by atoms with Gasteiger partial charge in [0.2, 0.25) is 0 Å². The van der Waals surface area contributed by atoms with Crippen molar-refractivity contribution in [3.63, 3.8) is 0 Å². The highest BCUT2D eigenvalue weighted by Gasteiger charge is 1.99. The second kappa shape index (κ2) is 2.90. The lowest BCUT2D eigenvalue weighted by Crippen LogP contribution is -1.98. The lowest BCUT2D eigenvalue weighted by Gasteiger charge is -2.03. The molecule has 0 fully saturated rings. The Kier molecular flexibility index (Phi) is 1.73. The summed E-state index contributed by atoms with van der Waals surface area (Å²) < 4.78 is 1.82. The highest BCUT2D eigenvalue weighted by molar-refractivity contribution is 5.49. The van der Waals surface area contributed by atoms with Crippen LogP contribution in [0.1, 0.15) is 5.56 Å². The monoisotopic (exact) mass is 174 g/mol. The molecule has 2 aromatic heterocycles. The van der Waals surface area contributed by atoms with Gasteiger partial charge in [0, 0.05) is 30.3 Å². The highest BCUT2D eigenvalue weighted by Crippen LogP contribution is 2.12. The van der Waals surface area contributed by atoms with E-state index in [2.05, 4.69) is 9.97 Å². The number of pyridine rings is 1. The van der Waals surface area contributed by atoms with E-state index in [0.717, 1.165) is 17.1 Å². The first-order valence-electron chi connectivity index (χ1n) is 3.98. The summed E-state index contributed by atoms with van der Waals surface area (Å²) in [6, 6.07) is 1.83. The summed E-state index contributed by atoms with van der Waals surface area (Å²) in [5, 5.41) is 0. The zero-order valence-electron chi connectivity index (χ0n) is 7.31. The van der Waals surface area contributed by atoms with E-state index in [1.54, 1.807) is 18.7 Å². The molecule has 0 radical (unpaired) electrons. The van der Waals surface area contributed by atoms with Gasteiger partial charge in [0.25, 0.3) is 0 Å². The van der Waals surface area contributed by atoms with Crippen LogP contribution in [0.2, 0.25) is 0 Å². The fraction of sp³-hybridized carbons (Fsp3) is 0.111. The minimum Gasteiger partial charge on any atom is -0.398 e. The van der Waals surface area contributed by atoms with Gasteiger partial charge < -0.3 is 5.73 Å². The van der Waals surface area contributed by atoms with Gasteiger partial charge in [-0.1, -0.05) is 0 Å². The lowest BCUT2D eigenvalue weighted by atomic mass is 10.2. The van der Waals surface area contributed by atoms with Crippen molar-refractivity contribution in [2.24, 2.45) is 0 Å². The largest absolute Gasteiger partial charge is 0.398 e. The van der Waals surface area contributed by atoms with E-state index in [1.807, 2.05) is 23.8 Å². The Morgan fingerprint density at radius 1 is 1.46 bits per heavy atom. The topological polar surface area (TPSA) is 56.7 Å². The Morgan fingerprint density at radius 2 is 2.31 bits per heavy atom. The van der Waals surface area contributed by atoms with Crippen molar-refractivity contribution in [2.45, 2.75) is 6.92 Å². The fourth-order valence-electron chi connectivity index (χ4n) is 1.06. The number of aromatic nitrogens is 3. The molecule has 13 heavy (non-hydrogen) atoms. The number of rotatable bonds is 1. The van der Waals surface area contributed by atoms with E-state index in [0.29, 0.717) is 0 Å². The van der Waals surface area contributed by atoms with Crippen LogP contribution in [0.5, 0.6) is 0 Å². The van der Waals surface area contributed by atoms with Gasteiger partial charge in [0.1, 0.15) is 12.1 Å². The molecule has 0 saturated heterocycles. The van der Waals surface area contributed by atoms with Crippen molar-refractivity contribution in [3.8, 4) is 5.82 Å². The van der Waals surface area contributed by atoms with Crippen molar-refractivity contribution in [3.05, 3.63) is 36.5 Å². The average molecular weight is 174 g/mol. The zero-order chi connectivity index (χ0) is 9.26. The molecule has 0 bridgehead atoms. The summed E-state index contributed by atoms with van der Waals surface area (Å²) in [6.45, 7) is 1.93. The zero-order valence-corrected chi connectivity index (χ0v) is 7.31. The van der Waals surface area contributed by atoms with Crippen LogP contribution in [0.4, 0.5) is 5.69 Å². The molecule has 0 saturated carbocycles. The van der Waals surface area contributed by atoms with Crippen LogP contribution in [0.3, 0.4) is 0 Å². The number of nitrogens with two attached hydrogens (primary N) is 1. The molecule has 4 nitrogen and oxygen atoms in total. The van der Waals surface area contributed by atoms with Crippen molar-refractivity contribution >= 4 is 5.69 Å². The molecule has 2 aromatic rings. The number of anilines is 1. The van der Waals surface area contributed by atoms with Gasteiger partial charge in [0.15, 0.2) is 0 Å². The molecule has 4 heteroatoms. The van der Waals surface area contributed by atoms with Crippen LogP contribution < -0.4 is 5.73 Å². The first-order valence-corrected chi connectivity index (χ1v) is 3.98. The predicted octanol–water partition coefficient (Wildman–Crippen LogP) is 1.16. The van der Waals surface area contributed by atoms with Gasteiger partial charge in [-0.2, -0.15) is 0 Å². The van der Waals surface area contributed by atoms with Crippen LogP contribution >= 0.6 is 0 Å². The van der Waals surface area contributed by atoms with Gasteiger partial charge in [-0.15, -0.1) is 0 Å². The van der Waals surface area contributed by atoms with E-state index < -0.39 is 0 Å². The summed E-state index contributed by atoms with van der Waals surface area (Å²) in [6.07, 6.45) is 6.98. The lowest BCUT2D eigenvalue weighted by molar-refractivity contribution is 0.990. The SMILES string of the molecule is Cc1cnc(-n2ccnc2)cc1N. The van der Waals surface area contributed by atoms with Gasteiger partial charge in [-0.3, -0.25) is 4.57 Å². The molecule has 0 amide bonds. The molecule has 0 spiro atoms. The van der Waals surface area contributed by atoms with E-state index in [9.17, 15) is 0 Å². The second-order valence-electron chi connectivity index (χ2n) is 2.87. The summed E-state index contributed by atoms with van der Waals surface area (Å²) in [5.74, 6) is 0.792. The number of hydrogen-bond donors (Lipinski definition) is 1. The van der Waals surface area contributed by atoms with Crippen molar-refractivity contribution in [2.75, 3.05) is 5.73 Å². The fourth-order valence-corrected chi connectivity index (χ4v) is 1.06. The maximum atomic E-state index is 5.75. The molecule has 2 heterocycles. The molecular weight excluding hydrogens is 164 g/mol. The Balaban J connectivity index is 2.49. The maximum absolute atomic E-state index is 5.75. The Hall–Kier alpha value is -1.84. The number of nitrogen functional groups attached to an aromatic ring is 1. The first-order chi connectivity index (χ1) is 6.27. The summed E-state index contributed by atoms with van der Waals surface area (Å²) in [4.78, 5) is 8.16. The molecule has 2 N–H and O–H groups in total. The van der Waals surface area contributed by atoms with Crippen LogP contribution in [0, 0.1) is 6.92 Å². The summed E-state index contributed by atoms with van der Waals surface area (Å²) in [5.41, 5.74) is 7.49. The minimum atomic E-state index is 0.749. The van der Waals surface area contributed by atoms with E-state index >= 15 is 0 Å². The smallest absolute Gasteiger partial charge is 0.139 e. The first kappa shape index (κ1) is 7.79.